The van der Waals surface area contributed by atoms with Gasteiger partial charge in [-0.05, 0) is 34.1 Å². The van der Waals surface area contributed by atoms with Crippen LogP contribution in [-0.2, 0) is 0 Å². The van der Waals surface area contributed by atoms with E-state index < -0.39 is 0 Å². The van der Waals surface area contributed by atoms with Gasteiger partial charge in [-0.25, -0.2) is 0 Å². The average molecular weight is 352 g/mol. The van der Waals surface area contributed by atoms with E-state index in [0.717, 1.165) is 21.3 Å². The molecule has 1 atom stereocenters. The summed E-state index contributed by atoms with van der Waals surface area (Å²) in [5, 5.41) is 0. The van der Waals surface area contributed by atoms with Gasteiger partial charge in [-0.15, -0.1) is 0 Å². The highest BCUT2D eigenvalue weighted by Gasteiger charge is 2.20. The van der Waals surface area contributed by atoms with Crippen LogP contribution in [0.5, 0.6) is 17.2 Å². The highest BCUT2D eigenvalue weighted by Crippen LogP contribution is 2.38. The molecule has 0 aromatic heterocycles. The number of methoxy groups -OCH3 is 3. The minimum atomic E-state index is -0.377. The topological polar surface area (TPSA) is 53.7 Å². The van der Waals surface area contributed by atoms with Crippen LogP contribution in [0.25, 0.3) is 0 Å². The number of para-hydroxylation sites is 1. The van der Waals surface area contributed by atoms with Crippen LogP contribution in [0.2, 0.25) is 0 Å². The Morgan fingerprint density at radius 2 is 1.48 bits per heavy atom. The van der Waals surface area contributed by atoms with E-state index in [0.29, 0.717) is 11.5 Å². The molecule has 112 valence electrons. The lowest BCUT2D eigenvalue weighted by Crippen LogP contribution is -2.14. The summed E-state index contributed by atoms with van der Waals surface area (Å²) in [6.45, 7) is 0. The number of rotatable bonds is 5. The lowest BCUT2D eigenvalue weighted by atomic mass is 9.97. The maximum Gasteiger partial charge on any atom is 0.133 e. The van der Waals surface area contributed by atoms with Crippen LogP contribution >= 0.6 is 15.9 Å². The second-order valence-corrected chi connectivity index (χ2v) is 5.30. The van der Waals surface area contributed by atoms with Crippen LogP contribution < -0.4 is 19.9 Å². The van der Waals surface area contributed by atoms with Crippen molar-refractivity contribution in [1.82, 2.24) is 0 Å². The molecule has 0 fully saturated rings. The third-order valence-electron chi connectivity index (χ3n) is 3.31. The lowest BCUT2D eigenvalue weighted by molar-refractivity contribution is 0.392. The van der Waals surface area contributed by atoms with Gasteiger partial charge in [0.1, 0.15) is 17.2 Å². The molecule has 2 aromatic carbocycles. The molecule has 0 spiro atoms. The van der Waals surface area contributed by atoms with E-state index in [1.54, 1.807) is 21.3 Å². The summed E-state index contributed by atoms with van der Waals surface area (Å²) in [6, 6.07) is 11.0. The summed E-state index contributed by atoms with van der Waals surface area (Å²) in [5.74, 6) is 2.14. The number of benzene rings is 2. The van der Waals surface area contributed by atoms with Crippen molar-refractivity contribution in [2.24, 2.45) is 5.73 Å². The second-order valence-electron chi connectivity index (χ2n) is 4.45. The average Bonchev–Trinajstić information content (AvgIpc) is 2.53. The third kappa shape index (κ3) is 3.14. The first-order valence-electron chi connectivity index (χ1n) is 6.42. The molecule has 0 amide bonds. The van der Waals surface area contributed by atoms with Crippen LogP contribution in [0.15, 0.2) is 40.9 Å². The fraction of sp³-hybridized carbons (Fsp3) is 0.250. The van der Waals surface area contributed by atoms with Gasteiger partial charge in [0, 0.05) is 11.1 Å². The Morgan fingerprint density at radius 1 is 0.857 bits per heavy atom. The van der Waals surface area contributed by atoms with Crippen molar-refractivity contribution in [3.05, 3.63) is 52.0 Å². The maximum atomic E-state index is 6.41. The van der Waals surface area contributed by atoms with Crippen LogP contribution in [0.4, 0.5) is 0 Å². The zero-order valence-corrected chi connectivity index (χ0v) is 13.8. The van der Waals surface area contributed by atoms with Gasteiger partial charge in [0.05, 0.1) is 31.8 Å². The second kappa shape index (κ2) is 6.83. The first-order chi connectivity index (χ1) is 10.1. The zero-order valence-electron chi connectivity index (χ0n) is 12.2. The van der Waals surface area contributed by atoms with Crippen LogP contribution in [0.3, 0.4) is 0 Å². The van der Waals surface area contributed by atoms with Crippen molar-refractivity contribution in [2.45, 2.75) is 6.04 Å². The maximum absolute atomic E-state index is 6.41. The van der Waals surface area contributed by atoms with Crippen molar-refractivity contribution in [3.63, 3.8) is 0 Å². The normalized spacial score (nSPS) is 11.9. The van der Waals surface area contributed by atoms with Crippen molar-refractivity contribution in [1.29, 1.82) is 0 Å². The van der Waals surface area contributed by atoms with Crippen molar-refractivity contribution >= 4 is 15.9 Å². The molecule has 0 heterocycles. The molecule has 0 radical (unpaired) electrons. The lowest BCUT2D eigenvalue weighted by Gasteiger charge is -2.20. The smallest absolute Gasteiger partial charge is 0.133 e. The van der Waals surface area contributed by atoms with Gasteiger partial charge in [0.15, 0.2) is 0 Å². The number of hydrogen-bond acceptors (Lipinski definition) is 4. The Balaban J connectivity index is 2.54. The minimum Gasteiger partial charge on any atom is -0.496 e. The fourth-order valence-electron chi connectivity index (χ4n) is 2.22. The number of halogens is 1. The van der Waals surface area contributed by atoms with Gasteiger partial charge >= 0.3 is 0 Å². The third-order valence-corrected chi connectivity index (χ3v) is 3.93. The summed E-state index contributed by atoms with van der Waals surface area (Å²) >= 11 is 3.45. The van der Waals surface area contributed by atoms with Gasteiger partial charge < -0.3 is 19.9 Å². The number of hydrogen-bond donors (Lipinski definition) is 1. The predicted octanol–water partition coefficient (Wildman–Crippen LogP) is 3.52. The Kier molecular flexibility index (Phi) is 5.09. The van der Waals surface area contributed by atoms with Crippen LogP contribution in [-0.4, -0.2) is 21.3 Å². The van der Waals surface area contributed by atoms with E-state index in [-0.39, 0.29) is 6.04 Å². The van der Waals surface area contributed by atoms with Gasteiger partial charge in [0.2, 0.25) is 0 Å². The minimum absolute atomic E-state index is 0.377. The first-order valence-corrected chi connectivity index (χ1v) is 7.21. The summed E-state index contributed by atoms with van der Waals surface area (Å²) in [4.78, 5) is 0. The molecule has 2 aromatic rings. The Hall–Kier alpha value is -1.72. The standard InChI is InChI=1S/C16H18BrNO3/c1-19-13-7-5-4-6-10(13)16(18)11-8-15(21-3)12(17)9-14(11)20-2/h4-9,16H,18H2,1-3H3. The largest absolute Gasteiger partial charge is 0.496 e. The molecule has 0 saturated carbocycles. The SMILES string of the molecule is COc1cc(C(N)c2ccccc2OC)c(OC)cc1Br. The van der Waals surface area contributed by atoms with Gasteiger partial charge in [-0.1, -0.05) is 18.2 Å². The summed E-state index contributed by atoms with van der Waals surface area (Å²) < 4.78 is 17.0. The van der Waals surface area contributed by atoms with E-state index >= 15 is 0 Å². The van der Waals surface area contributed by atoms with Crippen LogP contribution in [0.1, 0.15) is 17.2 Å². The highest BCUT2D eigenvalue weighted by atomic mass is 79.9. The Bertz CT molecular complexity index is 631. The summed E-state index contributed by atoms with van der Waals surface area (Å²) in [5.41, 5.74) is 8.14. The first kappa shape index (κ1) is 15.7. The van der Waals surface area contributed by atoms with Gasteiger partial charge in [-0.2, -0.15) is 0 Å². The Morgan fingerprint density at radius 3 is 2.10 bits per heavy atom. The molecule has 4 nitrogen and oxygen atoms in total. The molecule has 0 bridgehead atoms. The van der Waals surface area contributed by atoms with Crippen LogP contribution in [0, 0.1) is 0 Å². The van der Waals surface area contributed by atoms with Crippen molar-refractivity contribution in [2.75, 3.05) is 21.3 Å². The quantitative estimate of drug-likeness (QED) is 0.895. The van der Waals surface area contributed by atoms with E-state index in [2.05, 4.69) is 15.9 Å². The molecular formula is C16H18BrNO3. The molecule has 2 rings (SSSR count). The fourth-order valence-corrected chi connectivity index (χ4v) is 2.70. The van der Waals surface area contributed by atoms with Gasteiger partial charge in [-0.3, -0.25) is 0 Å². The van der Waals surface area contributed by atoms with E-state index in [9.17, 15) is 0 Å². The number of ether oxygens (including phenoxy) is 3. The summed E-state index contributed by atoms with van der Waals surface area (Å²) in [7, 11) is 4.86. The molecule has 0 aliphatic heterocycles. The molecule has 0 saturated heterocycles. The Labute approximate surface area is 132 Å². The van der Waals surface area contributed by atoms with Crippen molar-refractivity contribution in [3.8, 4) is 17.2 Å². The molecule has 2 N–H and O–H groups in total. The molecule has 21 heavy (non-hydrogen) atoms. The molecular weight excluding hydrogens is 334 g/mol. The molecule has 0 aliphatic rings. The molecule has 5 heteroatoms. The van der Waals surface area contributed by atoms with Gasteiger partial charge in [0.25, 0.3) is 0 Å². The van der Waals surface area contributed by atoms with E-state index in [4.69, 9.17) is 19.9 Å². The monoisotopic (exact) mass is 351 g/mol. The highest BCUT2D eigenvalue weighted by molar-refractivity contribution is 9.10. The van der Waals surface area contributed by atoms with E-state index in [1.165, 1.54) is 0 Å². The zero-order chi connectivity index (χ0) is 15.4. The predicted molar refractivity (Wildman–Crippen MR) is 86.3 cm³/mol. The summed E-state index contributed by atoms with van der Waals surface area (Å²) in [6.07, 6.45) is 0. The van der Waals surface area contributed by atoms with E-state index in [1.807, 2.05) is 36.4 Å². The van der Waals surface area contributed by atoms with Crippen molar-refractivity contribution < 1.29 is 14.2 Å². The number of nitrogens with two attached hydrogens (primary N) is 1. The molecule has 0 aliphatic carbocycles. The molecule has 1 unspecified atom stereocenters.